The van der Waals surface area contributed by atoms with Crippen molar-refractivity contribution in [2.24, 2.45) is 7.05 Å². The first-order valence-electron chi connectivity index (χ1n) is 9.75. The van der Waals surface area contributed by atoms with E-state index in [1.165, 1.54) is 5.52 Å². The first-order chi connectivity index (χ1) is 13.5. The van der Waals surface area contributed by atoms with Gasteiger partial charge in [-0.3, -0.25) is 0 Å². The van der Waals surface area contributed by atoms with Crippen LogP contribution in [0.5, 0.6) is 0 Å². The molecule has 7 nitrogen and oxygen atoms in total. The number of para-hydroxylation sites is 2. The summed E-state index contributed by atoms with van der Waals surface area (Å²) in [6.45, 7) is 5.93. The predicted octanol–water partition coefficient (Wildman–Crippen LogP) is 3.39. The summed E-state index contributed by atoms with van der Waals surface area (Å²) in [6.07, 6.45) is 1.85. The van der Waals surface area contributed by atoms with Crippen LogP contribution in [0.15, 0.2) is 30.3 Å². The van der Waals surface area contributed by atoms with Gasteiger partial charge in [0.2, 0.25) is 0 Å². The normalized spacial score (nSPS) is 18.7. The van der Waals surface area contributed by atoms with Crippen molar-refractivity contribution in [1.29, 1.82) is 0 Å². The van der Waals surface area contributed by atoms with Gasteiger partial charge in [-0.15, -0.1) is 5.10 Å². The van der Waals surface area contributed by atoms with Gasteiger partial charge < -0.3 is 4.57 Å². The Morgan fingerprint density at radius 3 is 2.57 bits per heavy atom. The Labute approximate surface area is 163 Å². The molecule has 0 aliphatic heterocycles. The van der Waals surface area contributed by atoms with Gasteiger partial charge in [-0.25, -0.2) is 19.9 Å². The molecule has 142 valence electrons. The van der Waals surface area contributed by atoms with Crippen LogP contribution in [0.4, 0.5) is 0 Å². The molecule has 1 aliphatic carbocycles. The van der Waals surface area contributed by atoms with E-state index in [9.17, 15) is 0 Å². The van der Waals surface area contributed by atoms with Crippen molar-refractivity contribution in [1.82, 2.24) is 34.3 Å². The van der Waals surface area contributed by atoms with Gasteiger partial charge in [0, 0.05) is 31.4 Å². The largest absolute Gasteiger partial charge is 0.331 e. The molecule has 0 spiro atoms. The van der Waals surface area contributed by atoms with Crippen LogP contribution in [-0.2, 0) is 13.5 Å². The summed E-state index contributed by atoms with van der Waals surface area (Å²) < 4.78 is 4.03. The highest BCUT2D eigenvalue weighted by molar-refractivity contribution is 5.76. The van der Waals surface area contributed by atoms with E-state index in [0.29, 0.717) is 11.8 Å². The highest BCUT2D eigenvalue weighted by Crippen LogP contribution is 2.54. The minimum Gasteiger partial charge on any atom is -0.331 e. The zero-order chi connectivity index (χ0) is 19.4. The second-order valence-corrected chi connectivity index (χ2v) is 7.51. The standard InChI is InChI=1S/C21H23N7/c1-5-19-23-17(11-20(25-19)28-13(3)22-12(2)26-28)14-10-15(14)21-24-16-8-6-7-9-18(16)27(21)4/h6-9,11,14-15H,5,10H2,1-4H3/t14-,15-/m0/s1. The molecule has 0 N–H and O–H groups in total. The molecule has 4 aromatic rings. The lowest BCUT2D eigenvalue weighted by Crippen LogP contribution is -2.08. The minimum absolute atomic E-state index is 0.368. The number of benzene rings is 1. The first kappa shape index (κ1) is 17.0. The van der Waals surface area contributed by atoms with Gasteiger partial charge in [0.25, 0.3) is 0 Å². The SMILES string of the molecule is CCc1nc([C@H]2C[C@@H]2c2nc3ccccc3n2C)cc(-n2nc(C)nc2C)n1. The monoisotopic (exact) mass is 373 g/mol. The molecule has 1 fully saturated rings. The van der Waals surface area contributed by atoms with Crippen LogP contribution < -0.4 is 0 Å². The van der Waals surface area contributed by atoms with E-state index < -0.39 is 0 Å². The van der Waals surface area contributed by atoms with E-state index in [1.807, 2.05) is 24.6 Å². The zero-order valence-electron chi connectivity index (χ0n) is 16.6. The Balaban J connectivity index is 1.52. The average Bonchev–Trinajstić information content (AvgIpc) is 3.33. The van der Waals surface area contributed by atoms with Gasteiger partial charge in [-0.05, 0) is 32.4 Å². The van der Waals surface area contributed by atoms with Crippen molar-refractivity contribution in [3.63, 3.8) is 0 Å². The van der Waals surface area contributed by atoms with E-state index in [0.717, 1.165) is 53.2 Å². The van der Waals surface area contributed by atoms with Crippen LogP contribution in [0.25, 0.3) is 16.9 Å². The maximum Gasteiger partial charge on any atom is 0.159 e. The molecule has 7 heteroatoms. The molecular formula is C21H23N7. The molecule has 3 aromatic heterocycles. The Kier molecular flexibility index (Phi) is 3.79. The number of nitrogens with zero attached hydrogens (tertiary/aromatic N) is 7. The molecule has 0 radical (unpaired) electrons. The molecule has 2 atom stereocenters. The third-order valence-corrected chi connectivity index (χ3v) is 5.51. The number of imidazole rings is 1. The number of aromatic nitrogens is 7. The Morgan fingerprint density at radius 2 is 1.86 bits per heavy atom. The smallest absolute Gasteiger partial charge is 0.159 e. The number of fused-ring (bicyclic) bond motifs is 1. The van der Waals surface area contributed by atoms with Crippen LogP contribution in [0, 0.1) is 13.8 Å². The number of hydrogen-bond acceptors (Lipinski definition) is 5. The Bertz CT molecular complexity index is 1190. The van der Waals surface area contributed by atoms with Gasteiger partial charge in [-0.2, -0.15) is 4.68 Å². The second kappa shape index (κ2) is 6.22. The molecule has 28 heavy (non-hydrogen) atoms. The van der Waals surface area contributed by atoms with Crippen LogP contribution in [0.1, 0.15) is 54.2 Å². The van der Waals surface area contributed by atoms with Gasteiger partial charge in [0.05, 0.1) is 16.7 Å². The van der Waals surface area contributed by atoms with E-state index in [-0.39, 0.29) is 0 Å². The van der Waals surface area contributed by atoms with Crippen molar-refractivity contribution < 1.29 is 0 Å². The van der Waals surface area contributed by atoms with E-state index in [2.05, 4.69) is 57.9 Å². The average molecular weight is 373 g/mol. The summed E-state index contributed by atoms with van der Waals surface area (Å²) in [5, 5.41) is 4.50. The number of aryl methyl sites for hydroxylation is 4. The molecule has 1 aromatic carbocycles. The van der Waals surface area contributed by atoms with Gasteiger partial charge in [-0.1, -0.05) is 19.1 Å². The van der Waals surface area contributed by atoms with Crippen LogP contribution in [0.3, 0.4) is 0 Å². The fraction of sp³-hybridized carbons (Fsp3) is 0.381. The molecule has 0 amide bonds. The molecule has 1 aliphatic rings. The lowest BCUT2D eigenvalue weighted by Gasteiger charge is -2.08. The van der Waals surface area contributed by atoms with E-state index in [1.54, 1.807) is 0 Å². The number of hydrogen-bond donors (Lipinski definition) is 0. The quantitative estimate of drug-likeness (QED) is 0.548. The third-order valence-electron chi connectivity index (χ3n) is 5.51. The first-order valence-corrected chi connectivity index (χ1v) is 9.75. The fourth-order valence-corrected chi connectivity index (χ4v) is 4.00. The molecule has 5 rings (SSSR count). The van der Waals surface area contributed by atoms with Crippen LogP contribution in [-0.4, -0.2) is 34.3 Å². The van der Waals surface area contributed by atoms with Crippen LogP contribution >= 0.6 is 0 Å². The Hall–Kier alpha value is -3.09. The lowest BCUT2D eigenvalue weighted by atomic mass is 10.2. The molecule has 0 bridgehead atoms. The predicted molar refractivity (Wildman–Crippen MR) is 107 cm³/mol. The molecule has 1 saturated carbocycles. The maximum absolute atomic E-state index is 4.88. The summed E-state index contributed by atoms with van der Waals surface area (Å²) in [4.78, 5) is 18.8. The van der Waals surface area contributed by atoms with E-state index in [4.69, 9.17) is 9.97 Å². The summed E-state index contributed by atoms with van der Waals surface area (Å²) >= 11 is 0. The van der Waals surface area contributed by atoms with Crippen molar-refractivity contribution in [3.8, 4) is 5.82 Å². The molecule has 3 heterocycles. The topological polar surface area (TPSA) is 74.3 Å². The lowest BCUT2D eigenvalue weighted by molar-refractivity contribution is 0.758. The van der Waals surface area contributed by atoms with Gasteiger partial charge in [0.15, 0.2) is 5.82 Å². The number of rotatable bonds is 4. The molecular weight excluding hydrogens is 350 g/mol. The summed E-state index contributed by atoms with van der Waals surface area (Å²) in [6, 6.07) is 10.4. The highest BCUT2D eigenvalue weighted by Gasteiger charge is 2.44. The van der Waals surface area contributed by atoms with Crippen molar-refractivity contribution >= 4 is 11.0 Å². The second-order valence-electron chi connectivity index (χ2n) is 7.51. The zero-order valence-corrected chi connectivity index (χ0v) is 16.6. The van der Waals surface area contributed by atoms with Crippen molar-refractivity contribution in [2.75, 3.05) is 0 Å². The summed E-state index contributed by atoms with van der Waals surface area (Å²) in [5.41, 5.74) is 3.30. The van der Waals surface area contributed by atoms with Crippen molar-refractivity contribution in [3.05, 3.63) is 59.3 Å². The van der Waals surface area contributed by atoms with Gasteiger partial charge >= 0.3 is 0 Å². The maximum atomic E-state index is 4.88. The highest BCUT2D eigenvalue weighted by atomic mass is 15.4. The van der Waals surface area contributed by atoms with E-state index >= 15 is 0 Å². The third kappa shape index (κ3) is 2.69. The summed E-state index contributed by atoms with van der Waals surface area (Å²) in [5.74, 6) is 5.13. The minimum atomic E-state index is 0.368. The van der Waals surface area contributed by atoms with Crippen molar-refractivity contribution in [2.45, 2.75) is 45.4 Å². The molecule has 0 unspecified atom stereocenters. The van der Waals surface area contributed by atoms with Gasteiger partial charge in [0.1, 0.15) is 23.3 Å². The summed E-state index contributed by atoms with van der Waals surface area (Å²) in [7, 11) is 2.10. The fourth-order valence-electron chi connectivity index (χ4n) is 4.00. The molecule has 0 saturated heterocycles. The van der Waals surface area contributed by atoms with Crippen LogP contribution in [0.2, 0.25) is 0 Å². The Morgan fingerprint density at radius 1 is 1.04 bits per heavy atom.